The maximum absolute atomic E-state index is 14.0. The Labute approximate surface area is 215 Å². The van der Waals surface area contributed by atoms with Crippen LogP contribution in [0.15, 0.2) is 50.2 Å². The molecule has 2 heterocycles. The van der Waals surface area contributed by atoms with Crippen LogP contribution < -0.4 is 11.6 Å². The molecule has 0 amide bonds. The molecule has 3 aromatic rings. The van der Waals surface area contributed by atoms with Crippen molar-refractivity contribution in [2.75, 3.05) is 0 Å². The van der Waals surface area contributed by atoms with E-state index in [1.54, 1.807) is 6.92 Å². The van der Waals surface area contributed by atoms with E-state index in [0.29, 0.717) is 29.0 Å². The zero-order chi connectivity index (χ0) is 27.3. The van der Waals surface area contributed by atoms with Crippen LogP contribution in [0.3, 0.4) is 0 Å². The first-order chi connectivity index (χ1) is 17.5. The van der Waals surface area contributed by atoms with E-state index in [-0.39, 0.29) is 34.1 Å². The average Bonchev–Trinajstić information content (AvgIpc) is 3.19. The van der Waals surface area contributed by atoms with E-state index in [0.717, 1.165) is 24.5 Å². The van der Waals surface area contributed by atoms with Crippen molar-refractivity contribution in [2.24, 2.45) is 26.7 Å². The number of amidine groups is 1. The molecule has 15 heteroatoms. The summed E-state index contributed by atoms with van der Waals surface area (Å²) >= 11 is 3.45. The molecule has 1 aromatic carbocycles. The number of benzene rings is 1. The van der Waals surface area contributed by atoms with Crippen LogP contribution in [0.5, 0.6) is 0 Å². The monoisotopic (exact) mass is 583 g/mol. The number of nitrogens with one attached hydrogen (secondary N) is 2. The molecular weight excluding hydrogens is 565 g/mol. The molecule has 0 bridgehead atoms. The van der Waals surface area contributed by atoms with Gasteiger partial charge in [-0.1, -0.05) is 6.92 Å². The summed E-state index contributed by atoms with van der Waals surface area (Å²) < 4.78 is 66.4. The lowest BCUT2D eigenvalue weighted by molar-refractivity contribution is -0.144. The lowest BCUT2D eigenvalue weighted by Crippen LogP contribution is -2.18. The van der Waals surface area contributed by atoms with E-state index in [9.17, 15) is 22.0 Å². The number of nitrogens with two attached hydrogens (primary N) is 2. The maximum Gasteiger partial charge on any atom is 0.451 e. The Morgan fingerprint density at radius 1 is 1.24 bits per heavy atom. The van der Waals surface area contributed by atoms with Crippen LogP contribution in [-0.4, -0.2) is 39.1 Å². The van der Waals surface area contributed by atoms with Gasteiger partial charge in [0.1, 0.15) is 18.0 Å². The Balaban J connectivity index is 2.11. The van der Waals surface area contributed by atoms with Crippen molar-refractivity contribution in [3.63, 3.8) is 0 Å². The first-order valence-electron chi connectivity index (χ1n) is 10.4. The van der Waals surface area contributed by atoms with Crippen molar-refractivity contribution in [1.82, 2.24) is 15.0 Å². The Bertz CT molecular complexity index is 1380. The number of nitrogens with zero attached hydrogens (tertiary/aromatic N) is 5. The van der Waals surface area contributed by atoms with Gasteiger partial charge in [0.05, 0.1) is 23.3 Å². The summed E-state index contributed by atoms with van der Waals surface area (Å²) in [5.74, 6) is 1.89. The third-order valence-electron chi connectivity index (χ3n) is 5.13. The van der Waals surface area contributed by atoms with Crippen LogP contribution in [0.4, 0.5) is 27.6 Å². The van der Waals surface area contributed by atoms with Crippen molar-refractivity contribution in [2.45, 2.75) is 25.4 Å². The van der Waals surface area contributed by atoms with Gasteiger partial charge < -0.3 is 16.6 Å². The van der Waals surface area contributed by atoms with Crippen LogP contribution in [0.25, 0.3) is 11.1 Å². The molecule has 0 aliphatic rings. The molecule has 2 aromatic heterocycles. The van der Waals surface area contributed by atoms with Gasteiger partial charge in [0.15, 0.2) is 5.82 Å². The minimum atomic E-state index is -4.73. The van der Waals surface area contributed by atoms with Gasteiger partial charge in [0.25, 0.3) is 0 Å². The van der Waals surface area contributed by atoms with Crippen LogP contribution in [0.1, 0.15) is 36.5 Å². The molecule has 0 radical (unpaired) electrons. The van der Waals surface area contributed by atoms with Gasteiger partial charge in [-0.25, -0.2) is 23.7 Å². The molecule has 1 unspecified atom stereocenters. The van der Waals surface area contributed by atoms with Crippen LogP contribution >= 0.6 is 15.9 Å². The smallest absolute Gasteiger partial charge is 0.382 e. The minimum Gasteiger partial charge on any atom is -0.382 e. The van der Waals surface area contributed by atoms with Crippen LogP contribution in [-0.2, 0) is 6.18 Å². The third-order valence-corrected chi connectivity index (χ3v) is 5.95. The number of rotatable bonds is 8. The summed E-state index contributed by atoms with van der Waals surface area (Å²) in [4.78, 5) is 17.6. The molecule has 0 spiro atoms. The number of hydrogen-bond acceptors (Lipinski definition) is 6. The summed E-state index contributed by atoms with van der Waals surface area (Å²) in [6, 6.07) is 2.88. The largest absolute Gasteiger partial charge is 0.451 e. The number of hydrogen-bond donors (Lipinski definition) is 4. The minimum absolute atomic E-state index is 0.139. The average molecular weight is 584 g/mol. The summed E-state index contributed by atoms with van der Waals surface area (Å²) in [5.41, 5.74) is 7.12. The van der Waals surface area contributed by atoms with E-state index in [1.165, 1.54) is 6.21 Å². The van der Waals surface area contributed by atoms with Crippen molar-refractivity contribution in [3.8, 4) is 11.1 Å². The number of aliphatic imine (C=N–C) groups is 2. The van der Waals surface area contributed by atoms with Crippen LogP contribution in [0, 0.1) is 17.0 Å². The molecule has 0 saturated heterocycles. The van der Waals surface area contributed by atoms with Gasteiger partial charge in [0.2, 0.25) is 5.82 Å². The van der Waals surface area contributed by atoms with Gasteiger partial charge in [0, 0.05) is 45.7 Å². The Kier molecular flexibility index (Phi) is 8.47. The highest BCUT2D eigenvalue weighted by Gasteiger charge is 2.35. The second kappa shape index (κ2) is 11.4. The normalized spacial score (nSPS) is 13.8. The fraction of sp³-hybridized carbons (Fsp3) is 0.182. The SMILES string of the molecule is CCC(C(C=Nc1ccc(F)cc1F)=NN)c1[nH]c(C(N)=NC=N)c(-c2cnc(C(F)(F)F)nc2)c1Br. The quantitative estimate of drug-likeness (QED) is 0.0962. The second-order valence-electron chi connectivity index (χ2n) is 7.41. The Hall–Kier alpha value is -4.01. The van der Waals surface area contributed by atoms with Gasteiger partial charge >= 0.3 is 6.18 Å². The van der Waals surface area contributed by atoms with Crippen LogP contribution in [0.2, 0.25) is 0 Å². The summed E-state index contributed by atoms with van der Waals surface area (Å²) in [6.07, 6.45) is -0.473. The predicted molar refractivity (Wildman–Crippen MR) is 133 cm³/mol. The summed E-state index contributed by atoms with van der Waals surface area (Å²) in [5, 5.41) is 11.0. The highest BCUT2D eigenvalue weighted by Crippen LogP contribution is 2.39. The highest BCUT2D eigenvalue weighted by atomic mass is 79.9. The number of aromatic amines is 1. The number of alkyl halides is 3. The number of aromatic nitrogens is 3. The van der Waals surface area contributed by atoms with E-state index >= 15 is 0 Å². The zero-order valence-corrected chi connectivity index (χ0v) is 20.6. The molecule has 0 fully saturated rings. The molecule has 9 nitrogen and oxygen atoms in total. The first-order valence-corrected chi connectivity index (χ1v) is 11.2. The standard InChI is InChI=1S/C22H19BrF5N9/c1-2-12(15(37-31)8-32-14-4-3-11(24)5-13(14)25)18-17(23)16(19(36-18)20(30)35-9-29)10-6-33-21(34-7-10)22(26,27)28/h3-9,12,36H,2,31H2,1H3,(H3,29,30,35). The number of H-pyrrole nitrogens is 1. The van der Waals surface area contributed by atoms with E-state index in [1.807, 2.05) is 0 Å². The molecule has 6 N–H and O–H groups in total. The van der Waals surface area contributed by atoms with Crippen molar-refractivity contribution in [1.29, 1.82) is 5.41 Å². The fourth-order valence-corrected chi connectivity index (χ4v) is 4.24. The molecule has 37 heavy (non-hydrogen) atoms. The molecular formula is C22H19BrF5N9. The fourth-order valence-electron chi connectivity index (χ4n) is 3.43. The summed E-state index contributed by atoms with van der Waals surface area (Å²) in [7, 11) is 0. The number of halogens is 6. The topological polar surface area (TPSA) is 155 Å². The second-order valence-corrected chi connectivity index (χ2v) is 8.20. The van der Waals surface area contributed by atoms with Crippen molar-refractivity contribution < 1.29 is 22.0 Å². The number of hydrazone groups is 1. The van der Waals surface area contributed by atoms with Gasteiger partial charge in [-0.05, 0) is 34.5 Å². The van der Waals surface area contributed by atoms with Crippen molar-refractivity contribution >= 4 is 45.7 Å². The first kappa shape index (κ1) is 27.6. The Morgan fingerprint density at radius 3 is 2.46 bits per heavy atom. The molecule has 0 saturated carbocycles. The molecule has 0 aliphatic carbocycles. The lowest BCUT2D eigenvalue weighted by atomic mass is 9.96. The molecule has 194 valence electrons. The van der Waals surface area contributed by atoms with Crippen molar-refractivity contribution in [3.05, 3.63) is 63.9 Å². The Morgan fingerprint density at radius 2 is 1.92 bits per heavy atom. The predicted octanol–water partition coefficient (Wildman–Crippen LogP) is 5.05. The van der Waals surface area contributed by atoms with E-state index in [4.69, 9.17) is 17.0 Å². The van der Waals surface area contributed by atoms with Gasteiger partial charge in [-0.2, -0.15) is 18.3 Å². The van der Waals surface area contributed by atoms with E-state index < -0.39 is 29.6 Å². The molecule has 3 rings (SSSR count). The maximum atomic E-state index is 14.0. The lowest BCUT2D eigenvalue weighted by Gasteiger charge is -2.14. The zero-order valence-electron chi connectivity index (χ0n) is 19.0. The highest BCUT2D eigenvalue weighted by molar-refractivity contribution is 9.10. The third kappa shape index (κ3) is 6.04. The van der Waals surface area contributed by atoms with Gasteiger partial charge in [-0.15, -0.1) is 0 Å². The van der Waals surface area contributed by atoms with Gasteiger partial charge in [-0.3, -0.25) is 10.4 Å². The molecule has 0 aliphatic heterocycles. The molecule has 1 atom stereocenters. The van der Waals surface area contributed by atoms with E-state index in [2.05, 4.69) is 46.0 Å². The summed E-state index contributed by atoms with van der Waals surface area (Å²) in [6.45, 7) is 1.80.